The van der Waals surface area contributed by atoms with E-state index in [1.807, 2.05) is 19.9 Å². The zero-order valence-corrected chi connectivity index (χ0v) is 12.0. The van der Waals surface area contributed by atoms with Crippen LogP contribution in [0.25, 0.3) is 0 Å². The van der Waals surface area contributed by atoms with Crippen LogP contribution in [0.4, 0.5) is 4.39 Å². The smallest absolute Gasteiger partial charge is 0.153 e. The van der Waals surface area contributed by atoms with Gasteiger partial charge in [-0.25, -0.2) is 4.39 Å². The van der Waals surface area contributed by atoms with Gasteiger partial charge in [0.25, 0.3) is 0 Å². The molecule has 0 heterocycles. The van der Waals surface area contributed by atoms with Crippen LogP contribution in [0, 0.1) is 19.7 Å². The number of rotatable bonds is 4. The van der Waals surface area contributed by atoms with E-state index < -0.39 is 0 Å². The van der Waals surface area contributed by atoms with Gasteiger partial charge in [0.1, 0.15) is 18.2 Å². The Hall–Kier alpha value is -1.87. The lowest BCUT2D eigenvalue weighted by atomic mass is 10.1. The van der Waals surface area contributed by atoms with Crippen LogP contribution in [0.5, 0.6) is 5.75 Å². The summed E-state index contributed by atoms with van der Waals surface area (Å²) >= 11 is 5.95. The molecule has 2 aromatic rings. The summed E-state index contributed by atoms with van der Waals surface area (Å²) in [5.41, 5.74) is 3.11. The van der Waals surface area contributed by atoms with Gasteiger partial charge in [0.05, 0.1) is 10.6 Å². The van der Waals surface area contributed by atoms with Crippen molar-refractivity contribution in [3.05, 3.63) is 63.4 Å². The van der Waals surface area contributed by atoms with Crippen molar-refractivity contribution < 1.29 is 13.9 Å². The first-order chi connectivity index (χ1) is 9.52. The normalized spacial score (nSPS) is 10.4. The molecular formula is C16H14ClFO2. The second-order valence-electron chi connectivity index (χ2n) is 4.57. The van der Waals surface area contributed by atoms with Crippen LogP contribution in [0.2, 0.25) is 5.02 Å². The Morgan fingerprint density at radius 2 is 2.00 bits per heavy atom. The van der Waals surface area contributed by atoms with Crippen molar-refractivity contribution in [3.8, 4) is 5.75 Å². The van der Waals surface area contributed by atoms with Crippen molar-refractivity contribution in [1.29, 1.82) is 0 Å². The summed E-state index contributed by atoms with van der Waals surface area (Å²) in [5.74, 6) is 0.152. The Morgan fingerprint density at radius 3 is 2.65 bits per heavy atom. The maximum absolute atomic E-state index is 13.0. The zero-order valence-electron chi connectivity index (χ0n) is 11.2. The third-order valence-corrected chi connectivity index (χ3v) is 3.57. The van der Waals surface area contributed by atoms with Gasteiger partial charge < -0.3 is 4.74 Å². The van der Waals surface area contributed by atoms with Gasteiger partial charge in [-0.2, -0.15) is 0 Å². The lowest BCUT2D eigenvalue weighted by Crippen LogP contribution is -2.02. The molecule has 0 aliphatic rings. The standard InChI is InChI=1S/C16H14ClFO2/c1-10-3-4-12(8-19)16(11(10)2)20-9-13-5-6-14(18)7-15(13)17/h3-8H,9H2,1-2H3. The molecule has 0 aliphatic heterocycles. The molecule has 0 atom stereocenters. The molecule has 0 bridgehead atoms. The van der Waals surface area contributed by atoms with E-state index in [0.29, 0.717) is 21.9 Å². The van der Waals surface area contributed by atoms with Crippen LogP contribution >= 0.6 is 11.6 Å². The summed E-state index contributed by atoms with van der Waals surface area (Å²) in [4.78, 5) is 11.1. The van der Waals surface area contributed by atoms with Gasteiger partial charge in [-0.05, 0) is 43.2 Å². The largest absolute Gasteiger partial charge is 0.488 e. The zero-order chi connectivity index (χ0) is 14.7. The average molecular weight is 293 g/mol. The predicted octanol–water partition coefficient (Wildman–Crippen LogP) is 4.49. The number of hydrogen-bond donors (Lipinski definition) is 0. The first-order valence-electron chi connectivity index (χ1n) is 6.15. The molecule has 20 heavy (non-hydrogen) atoms. The number of halogens is 2. The summed E-state index contributed by atoms with van der Waals surface area (Å²) in [6.07, 6.45) is 0.758. The molecule has 0 aromatic heterocycles. The van der Waals surface area contributed by atoms with Crippen LogP contribution in [0.3, 0.4) is 0 Å². The van der Waals surface area contributed by atoms with E-state index in [1.165, 1.54) is 12.1 Å². The van der Waals surface area contributed by atoms with Gasteiger partial charge in [0.15, 0.2) is 6.29 Å². The predicted molar refractivity (Wildman–Crippen MR) is 77.0 cm³/mol. The maximum atomic E-state index is 13.0. The summed E-state index contributed by atoms with van der Waals surface area (Å²) in [6.45, 7) is 4.02. The van der Waals surface area contributed by atoms with Crippen molar-refractivity contribution in [3.63, 3.8) is 0 Å². The van der Waals surface area contributed by atoms with Crippen molar-refractivity contribution in [1.82, 2.24) is 0 Å². The minimum atomic E-state index is -0.390. The molecule has 0 aliphatic carbocycles. The van der Waals surface area contributed by atoms with Crippen molar-refractivity contribution in [2.45, 2.75) is 20.5 Å². The van der Waals surface area contributed by atoms with Gasteiger partial charge in [-0.1, -0.05) is 23.7 Å². The van der Waals surface area contributed by atoms with Gasteiger partial charge in [0.2, 0.25) is 0 Å². The topological polar surface area (TPSA) is 26.3 Å². The highest BCUT2D eigenvalue weighted by atomic mass is 35.5. The van der Waals surface area contributed by atoms with Crippen LogP contribution in [-0.2, 0) is 6.61 Å². The Kier molecular flexibility index (Phi) is 4.40. The molecule has 0 N–H and O–H groups in total. The summed E-state index contributed by atoms with van der Waals surface area (Å²) in [5, 5.41) is 0.308. The highest BCUT2D eigenvalue weighted by Crippen LogP contribution is 2.27. The molecule has 4 heteroatoms. The minimum Gasteiger partial charge on any atom is -0.488 e. The monoisotopic (exact) mass is 292 g/mol. The number of hydrogen-bond acceptors (Lipinski definition) is 2. The molecular weight excluding hydrogens is 279 g/mol. The van der Waals surface area contributed by atoms with Crippen molar-refractivity contribution in [2.75, 3.05) is 0 Å². The Labute approximate surface area is 122 Å². The molecule has 0 saturated carbocycles. The highest BCUT2D eigenvalue weighted by Gasteiger charge is 2.10. The molecule has 0 saturated heterocycles. The third kappa shape index (κ3) is 2.99. The fraction of sp³-hybridized carbons (Fsp3) is 0.188. The number of ether oxygens (including phenoxy) is 1. The molecule has 0 unspecified atom stereocenters. The van der Waals surface area contributed by atoms with E-state index in [9.17, 15) is 9.18 Å². The van der Waals surface area contributed by atoms with E-state index in [4.69, 9.17) is 16.3 Å². The molecule has 2 nitrogen and oxygen atoms in total. The van der Waals surface area contributed by atoms with Gasteiger partial charge >= 0.3 is 0 Å². The van der Waals surface area contributed by atoms with Crippen LogP contribution in [-0.4, -0.2) is 6.29 Å². The van der Waals surface area contributed by atoms with Gasteiger partial charge in [-0.3, -0.25) is 4.79 Å². The number of aldehydes is 1. The Bertz CT molecular complexity index is 653. The van der Waals surface area contributed by atoms with Crippen LogP contribution < -0.4 is 4.74 Å². The van der Waals surface area contributed by atoms with Gasteiger partial charge in [-0.15, -0.1) is 0 Å². The van der Waals surface area contributed by atoms with Crippen molar-refractivity contribution in [2.24, 2.45) is 0 Å². The lowest BCUT2D eigenvalue weighted by molar-refractivity contribution is 0.111. The second kappa shape index (κ2) is 6.06. The first-order valence-corrected chi connectivity index (χ1v) is 6.53. The number of carbonyl (C=O) groups is 1. The molecule has 2 aromatic carbocycles. The van der Waals surface area contributed by atoms with Crippen molar-refractivity contribution >= 4 is 17.9 Å². The fourth-order valence-electron chi connectivity index (χ4n) is 1.88. The van der Waals surface area contributed by atoms with E-state index in [-0.39, 0.29) is 12.4 Å². The third-order valence-electron chi connectivity index (χ3n) is 3.22. The highest BCUT2D eigenvalue weighted by molar-refractivity contribution is 6.31. The Morgan fingerprint density at radius 1 is 1.25 bits per heavy atom. The quantitative estimate of drug-likeness (QED) is 0.776. The molecule has 104 valence electrons. The van der Waals surface area contributed by atoms with Crippen LogP contribution in [0.15, 0.2) is 30.3 Å². The minimum absolute atomic E-state index is 0.185. The fourth-order valence-corrected chi connectivity index (χ4v) is 2.11. The van der Waals surface area contributed by atoms with E-state index >= 15 is 0 Å². The Balaban J connectivity index is 2.26. The molecule has 0 radical (unpaired) electrons. The second-order valence-corrected chi connectivity index (χ2v) is 4.98. The summed E-state index contributed by atoms with van der Waals surface area (Å²) in [6, 6.07) is 7.73. The molecule has 0 spiro atoms. The lowest BCUT2D eigenvalue weighted by Gasteiger charge is -2.14. The average Bonchev–Trinajstić information content (AvgIpc) is 2.42. The molecule has 0 amide bonds. The maximum Gasteiger partial charge on any atom is 0.153 e. The first kappa shape index (κ1) is 14.5. The van der Waals surface area contributed by atoms with Crippen LogP contribution in [0.1, 0.15) is 27.0 Å². The number of carbonyl (C=O) groups excluding carboxylic acids is 1. The van der Waals surface area contributed by atoms with Gasteiger partial charge in [0, 0.05) is 5.56 Å². The summed E-state index contributed by atoms with van der Waals surface area (Å²) < 4.78 is 18.7. The number of benzene rings is 2. The SMILES string of the molecule is Cc1ccc(C=O)c(OCc2ccc(F)cc2Cl)c1C. The molecule has 2 rings (SSSR count). The molecule has 0 fully saturated rings. The number of aryl methyl sites for hydroxylation is 1. The van der Waals surface area contributed by atoms with E-state index in [1.54, 1.807) is 12.1 Å². The van der Waals surface area contributed by atoms with E-state index in [2.05, 4.69) is 0 Å². The van der Waals surface area contributed by atoms with E-state index in [0.717, 1.165) is 17.4 Å². The summed E-state index contributed by atoms with van der Waals surface area (Å²) in [7, 11) is 0.